The number of unbranched alkanes of at least 4 members (excludes halogenated alkanes) is 9. The highest BCUT2D eigenvalue weighted by Crippen LogP contribution is 2.43. The lowest BCUT2D eigenvalue weighted by molar-refractivity contribution is -0.154. The lowest BCUT2D eigenvalue weighted by atomic mass is 10.1. The van der Waals surface area contributed by atoms with Crippen LogP contribution in [0.1, 0.15) is 77.6 Å². The van der Waals surface area contributed by atoms with E-state index in [9.17, 15) is 14.3 Å². The van der Waals surface area contributed by atoms with E-state index in [1.54, 1.807) is 0 Å². The molecule has 0 saturated heterocycles. The van der Waals surface area contributed by atoms with E-state index in [1.165, 1.54) is 52.1 Å². The first-order valence-electron chi connectivity index (χ1n) is 10.5. The molecule has 0 amide bonds. The molecule has 0 spiro atoms. The number of hydrogen-bond acceptors (Lipinski definition) is 7. The molecule has 0 aromatic heterocycles. The van der Waals surface area contributed by atoms with Crippen molar-refractivity contribution in [1.29, 1.82) is 0 Å². The zero-order valence-corrected chi connectivity index (χ0v) is 18.5. The van der Waals surface area contributed by atoms with Gasteiger partial charge in [0.25, 0.3) is 0 Å². The molecule has 3 N–H and O–H groups in total. The monoisotopic (exact) mass is 425 g/mol. The number of methoxy groups -OCH3 is 1. The van der Waals surface area contributed by atoms with Crippen LogP contribution in [0.3, 0.4) is 0 Å². The Labute approximate surface area is 170 Å². The van der Waals surface area contributed by atoms with Crippen LogP contribution >= 0.6 is 7.82 Å². The summed E-state index contributed by atoms with van der Waals surface area (Å²) in [6, 6.07) is 0. The van der Waals surface area contributed by atoms with E-state index in [0.29, 0.717) is 6.42 Å². The second-order valence-electron chi connectivity index (χ2n) is 6.89. The number of carbonyl (C=O) groups is 1. The molecular weight excluding hydrogens is 385 g/mol. The van der Waals surface area contributed by atoms with Gasteiger partial charge in [-0.3, -0.25) is 13.8 Å². The van der Waals surface area contributed by atoms with Gasteiger partial charge in [0.1, 0.15) is 6.10 Å². The fourth-order valence-electron chi connectivity index (χ4n) is 2.69. The van der Waals surface area contributed by atoms with Crippen LogP contribution in [0, 0.1) is 0 Å². The van der Waals surface area contributed by atoms with Crippen LogP contribution in [0.15, 0.2) is 0 Å². The van der Waals surface area contributed by atoms with E-state index in [1.807, 2.05) is 0 Å². The predicted octanol–water partition coefficient (Wildman–Crippen LogP) is 3.95. The van der Waals surface area contributed by atoms with E-state index >= 15 is 0 Å². The molecule has 0 bridgehead atoms. The summed E-state index contributed by atoms with van der Waals surface area (Å²) < 4.78 is 31.3. The van der Waals surface area contributed by atoms with Crippen molar-refractivity contribution in [3.8, 4) is 0 Å². The minimum Gasteiger partial charge on any atom is -0.457 e. The van der Waals surface area contributed by atoms with Crippen molar-refractivity contribution in [1.82, 2.24) is 0 Å². The van der Waals surface area contributed by atoms with Gasteiger partial charge in [0.05, 0.1) is 19.8 Å². The van der Waals surface area contributed by atoms with Crippen LogP contribution in [0.4, 0.5) is 0 Å². The zero-order chi connectivity index (χ0) is 21.1. The summed E-state index contributed by atoms with van der Waals surface area (Å²) in [5, 5.41) is 0. The fraction of sp³-hybridized carbons (Fsp3) is 0.947. The van der Waals surface area contributed by atoms with Crippen molar-refractivity contribution in [2.24, 2.45) is 5.73 Å². The van der Waals surface area contributed by atoms with Gasteiger partial charge in [-0.1, -0.05) is 64.7 Å². The van der Waals surface area contributed by atoms with Gasteiger partial charge in [-0.05, 0) is 6.42 Å². The molecule has 0 fully saturated rings. The molecule has 0 saturated carbocycles. The predicted molar refractivity (Wildman–Crippen MR) is 109 cm³/mol. The van der Waals surface area contributed by atoms with Gasteiger partial charge in [0.15, 0.2) is 0 Å². The molecule has 0 heterocycles. The summed E-state index contributed by atoms with van der Waals surface area (Å²) in [6.45, 7) is 2.01. The maximum absolute atomic E-state index is 11.9. The Hall–Kier alpha value is -0.500. The highest BCUT2D eigenvalue weighted by molar-refractivity contribution is 7.47. The summed E-state index contributed by atoms with van der Waals surface area (Å²) in [7, 11) is -2.75. The Morgan fingerprint density at radius 3 is 2.07 bits per heavy atom. The summed E-state index contributed by atoms with van der Waals surface area (Å²) in [5.74, 6) is -0.360. The van der Waals surface area contributed by atoms with Gasteiger partial charge in [-0.25, -0.2) is 4.57 Å². The van der Waals surface area contributed by atoms with Crippen LogP contribution in [0.5, 0.6) is 0 Å². The minimum atomic E-state index is -4.20. The molecule has 0 aliphatic carbocycles. The van der Waals surface area contributed by atoms with Crippen molar-refractivity contribution in [3.05, 3.63) is 0 Å². The first kappa shape index (κ1) is 27.5. The summed E-state index contributed by atoms with van der Waals surface area (Å²) in [4.78, 5) is 21.4. The number of rotatable bonds is 20. The number of nitrogens with two attached hydrogens (primary N) is 1. The first-order valence-corrected chi connectivity index (χ1v) is 11.9. The van der Waals surface area contributed by atoms with Crippen molar-refractivity contribution >= 4 is 13.8 Å². The number of hydrogen-bond donors (Lipinski definition) is 2. The second kappa shape index (κ2) is 18.5. The van der Waals surface area contributed by atoms with Crippen LogP contribution in [-0.2, 0) is 27.9 Å². The highest BCUT2D eigenvalue weighted by Gasteiger charge is 2.24. The summed E-state index contributed by atoms with van der Waals surface area (Å²) in [6.07, 6.45) is 11.5. The van der Waals surface area contributed by atoms with Gasteiger partial charge < -0.3 is 20.1 Å². The maximum Gasteiger partial charge on any atom is 0.472 e. The van der Waals surface area contributed by atoms with Crippen LogP contribution < -0.4 is 5.73 Å². The van der Waals surface area contributed by atoms with Gasteiger partial charge in [-0.2, -0.15) is 0 Å². The molecular formula is C19H40NO7P. The van der Waals surface area contributed by atoms with Crippen LogP contribution in [0.2, 0.25) is 0 Å². The van der Waals surface area contributed by atoms with E-state index in [-0.39, 0.29) is 32.3 Å². The lowest BCUT2D eigenvalue weighted by Gasteiger charge is -2.19. The SMILES string of the molecule is CCCCCCCCCCCCC(=O)O[C@H](COC)COP(=O)(O)OCCN. The Bertz CT molecular complexity index is 423. The standard InChI is InChI=1S/C19H40NO7P/c1-3-4-5-6-7-8-9-10-11-12-13-19(21)27-18(16-24-2)17-26-28(22,23)25-15-14-20/h18H,3-17,20H2,1-2H3,(H,22,23)/t18-/m1/s1. The number of phosphoric ester groups is 1. The third-order valence-electron chi connectivity index (χ3n) is 4.18. The quantitative estimate of drug-likeness (QED) is 0.171. The van der Waals surface area contributed by atoms with Gasteiger partial charge in [0, 0.05) is 20.1 Å². The van der Waals surface area contributed by atoms with Crippen molar-refractivity contribution in [2.75, 3.05) is 33.5 Å². The van der Waals surface area contributed by atoms with Crippen molar-refractivity contribution in [2.45, 2.75) is 83.7 Å². The molecule has 0 aromatic carbocycles. The van der Waals surface area contributed by atoms with E-state index in [0.717, 1.165) is 19.3 Å². The van der Waals surface area contributed by atoms with E-state index in [4.69, 9.17) is 19.7 Å². The number of phosphoric acid groups is 1. The summed E-state index contributed by atoms with van der Waals surface area (Å²) in [5.41, 5.74) is 5.21. The fourth-order valence-corrected chi connectivity index (χ4v) is 3.45. The molecule has 0 aromatic rings. The molecule has 168 valence electrons. The Morgan fingerprint density at radius 1 is 0.964 bits per heavy atom. The zero-order valence-electron chi connectivity index (χ0n) is 17.6. The van der Waals surface area contributed by atoms with Crippen molar-refractivity contribution < 1.29 is 32.8 Å². The average Bonchev–Trinajstić information content (AvgIpc) is 2.66. The third kappa shape index (κ3) is 17.6. The Morgan fingerprint density at radius 2 is 1.54 bits per heavy atom. The molecule has 0 aliphatic rings. The molecule has 0 radical (unpaired) electrons. The molecule has 0 aliphatic heterocycles. The molecule has 2 atom stereocenters. The average molecular weight is 426 g/mol. The Balaban J connectivity index is 3.85. The largest absolute Gasteiger partial charge is 0.472 e. The summed E-state index contributed by atoms with van der Waals surface area (Å²) >= 11 is 0. The minimum absolute atomic E-state index is 0.0701. The maximum atomic E-state index is 11.9. The van der Waals surface area contributed by atoms with E-state index in [2.05, 4.69) is 11.4 Å². The number of carbonyl (C=O) groups excluding carboxylic acids is 1. The van der Waals surface area contributed by atoms with Gasteiger partial charge in [0.2, 0.25) is 0 Å². The van der Waals surface area contributed by atoms with Gasteiger partial charge >= 0.3 is 13.8 Å². The smallest absolute Gasteiger partial charge is 0.457 e. The number of esters is 1. The molecule has 28 heavy (non-hydrogen) atoms. The van der Waals surface area contributed by atoms with Crippen molar-refractivity contribution in [3.63, 3.8) is 0 Å². The molecule has 8 nitrogen and oxygen atoms in total. The normalized spacial score (nSPS) is 14.6. The third-order valence-corrected chi connectivity index (χ3v) is 5.17. The topological polar surface area (TPSA) is 117 Å². The highest BCUT2D eigenvalue weighted by atomic mass is 31.2. The molecule has 9 heteroatoms. The second-order valence-corrected chi connectivity index (χ2v) is 8.34. The lowest BCUT2D eigenvalue weighted by Crippen LogP contribution is -2.28. The molecule has 1 unspecified atom stereocenters. The Kier molecular flexibility index (Phi) is 18.2. The van der Waals surface area contributed by atoms with E-state index < -0.39 is 13.9 Å². The molecule has 0 rings (SSSR count). The van der Waals surface area contributed by atoms with Crippen LogP contribution in [-0.4, -0.2) is 50.4 Å². The van der Waals surface area contributed by atoms with Crippen LogP contribution in [0.25, 0.3) is 0 Å². The van der Waals surface area contributed by atoms with Gasteiger partial charge in [-0.15, -0.1) is 0 Å². The first-order chi connectivity index (χ1) is 13.4. The number of ether oxygens (including phenoxy) is 2.